The topological polar surface area (TPSA) is 68.5 Å². The van der Waals surface area contributed by atoms with Crippen LogP contribution in [0, 0.1) is 6.92 Å². The molecule has 0 unspecified atom stereocenters. The molecule has 1 amide bonds. The van der Waals surface area contributed by atoms with Crippen molar-refractivity contribution in [2.24, 2.45) is 0 Å². The molecule has 1 aromatic heterocycles. The molecule has 2 rings (SSSR count). The second-order valence-electron chi connectivity index (χ2n) is 5.52. The van der Waals surface area contributed by atoms with Crippen molar-refractivity contribution in [1.29, 1.82) is 0 Å². The minimum Gasteiger partial charge on any atom is -0.481 e. The molecule has 1 N–H and O–H groups in total. The highest BCUT2D eigenvalue weighted by molar-refractivity contribution is 5.94. The fraction of sp³-hybridized carbons (Fsp3) is 0.333. The van der Waals surface area contributed by atoms with Gasteiger partial charge in [0, 0.05) is 5.56 Å². The van der Waals surface area contributed by atoms with Gasteiger partial charge < -0.3 is 14.5 Å². The molecule has 0 spiro atoms. The molecule has 0 aliphatic heterocycles. The molecule has 1 heterocycles. The Kier molecular flexibility index (Phi) is 5.21. The van der Waals surface area contributed by atoms with Gasteiger partial charge in [-0.05, 0) is 52.0 Å². The summed E-state index contributed by atoms with van der Waals surface area (Å²) in [5.74, 6) is 1.68. The van der Waals surface area contributed by atoms with Crippen LogP contribution in [0.4, 0.5) is 0 Å². The van der Waals surface area contributed by atoms with Crippen LogP contribution in [0.15, 0.2) is 40.8 Å². The molecule has 0 saturated carbocycles. The summed E-state index contributed by atoms with van der Waals surface area (Å²) in [6, 6.07) is 10.2. The van der Waals surface area contributed by atoms with Crippen molar-refractivity contribution in [3.8, 4) is 5.75 Å². The zero-order valence-electron chi connectivity index (χ0n) is 13.8. The lowest BCUT2D eigenvalue weighted by Gasteiger charge is -2.18. The van der Waals surface area contributed by atoms with Gasteiger partial charge in [-0.25, -0.2) is 0 Å². The minimum atomic E-state index is -0.685. The number of nitrogens with one attached hydrogen (secondary N) is 1. The smallest absolute Gasteiger partial charge is 0.261 e. The highest BCUT2D eigenvalue weighted by atomic mass is 16.5. The van der Waals surface area contributed by atoms with Crippen LogP contribution in [0.5, 0.6) is 5.75 Å². The standard InChI is InChI=1S/C18H21NO4/c1-11-8-9-17(22-11)12(2)19-18(21)14(4)23-16-7-5-6-15(10-16)13(3)20/h5-10,12,14H,1-4H3,(H,19,21)/t12-,14-/m0/s1. The number of amides is 1. The molecule has 0 saturated heterocycles. The summed E-state index contributed by atoms with van der Waals surface area (Å²) >= 11 is 0. The maximum atomic E-state index is 12.2. The number of aryl methyl sites for hydroxylation is 1. The van der Waals surface area contributed by atoms with Gasteiger partial charge in [-0.3, -0.25) is 9.59 Å². The molecule has 122 valence electrons. The van der Waals surface area contributed by atoms with E-state index in [1.807, 2.05) is 26.0 Å². The number of ether oxygens (including phenoxy) is 1. The van der Waals surface area contributed by atoms with Gasteiger partial charge in [-0.15, -0.1) is 0 Å². The number of furan rings is 1. The third-order valence-corrected chi connectivity index (χ3v) is 3.47. The Balaban J connectivity index is 1.97. The predicted molar refractivity (Wildman–Crippen MR) is 86.5 cm³/mol. The van der Waals surface area contributed by atoms with E-state index in [4.69, 9.17) is 9.15 Å². The number of carbonyl (C=O) groups is 2. The summed E-state index contributed by atoms with van der Waals surface area (Å²) in [4.78, 5) is 23.6. The summed E-state index contributed by atoms with van der Waals surface area (Å²) in [5, 5.41) is 2.84. The number of rotatable bonds is 6. The highest BCUT2D eigenvalue weighted by Crippen LogP contribution is 2.18. The second kappa shape index (κ2) is 7.13. The van der Waals surface area contributed by atoms with E-state index in [0.29, 0.717) is 17.1 Å². The van der Waals surface area contributed by atoms with E-state index in [2.05, 4.69) is 5.32 Å². The Morgan fingerprint density at radius 1 is 1.17 bits per heavy atom. The fourth-order valence-corrected chi connectivity index (χ4v) is 2.13. The molecule has 0 aliphatic rings. The third kappa shape index (κ3) is 4.45. The van der Waals surface area contributed by atoms with Gasteiger partial charge in [-0.1, -0.05) is 12.1 Å². The van der Waals surface area contributed by atoms with Crippen molar-refractivity contribution < 1.29 is 18.7 Å². The van der Waals surface area contributed by atoms with Crippen molar-refractivity contribution >= 4 is 11.7 Å². The van der Waals surface area contributed by atoms with E-state index >= 15 is 0 Å². The summed E-state index contributed by atoms with van der Waals surface area (Å²) in [5.41, 5.74) is 0.550. The van der Waals surface area contributed by atoms with Crippen LogP contribution >= 0.6 is 0 Å². The monoisotopic (exact) mass is 315 g/mol. The molecule has 0 fully saturated rings. The van der Waals surface area contributed by atoms with E-state index < -0.39 is 6.10 Å². The van der Waals surface area contributed by atoms with E-state index in [-0.39, 0.29) is 17.7 Å². The fourth-order valence-electron chi connectivity index (χ4n) is 2.13. The average Bonchev–Trinajstić information content (AvgIpc) is 2.94. The molecule has 0 aliphatic carbocycles. The average molecular weight is 315 g/mol. The van der Waals surface area contributed by atoms with Gasteiger partial charge >= 0.3 is 0 Å². The van der Waals surface area contributed by atoms with Crippen LogP contribution < -0.4 is 10.1 Å². The molecular formula is C18H21NO4. The minimum absolute atomic E-state index is 0.0469. The lowest BCUT2D eigenvalue weighted by molar-refractivity contribution is -0.128. The number of hydrogen-bond donors (Lipinski definition) is 1. The molecular weight excluding hydrogens is 294 g/mol. The maximum absolute atomic E-state index is 12.2. The molecule has 23 heavy (non-hydrogen) atoms. The Hall–Kier alpha value is -2.56. The maximum Gasteiger partial charge on any atom is 0.261 e. The predicted octanol–water partition coefficient (Wildman–Crippen LogP) is 3.44. The van der Waals surface area contributed by atoms with Crippen LogP contribution in [0.2, 0.25) is 0 Å². The molecule has 0 radical (unpaired) electrons. The Morgan fingerprint density at radius 3 is 2.52 bits per heavy atom. The first-order valence-corrected chi connectivity index (χ1v) is 7.51. The first-order chi connectivity index (χ1) is 10.9. The summed E-state index contributed by atoms with van der Waals surface area (Å²) in [6.07, 6.45) is -0.685. The van der Waals surface area contributed by atoms with Crippen molar-refractivity contribution in [3.63, 3.8) is 0 Å². The zero-order valence-corrected chi connectivity index (χ0v) is 13.8. The van der Waals surface area contributed by atoms with Crippen molar-refractivity contribution in [1.82, 2.24) is 5.32 Å². The normalized spacial score (nSPS) is 13.2. The van der Waals surface area contributed by atoms with Crippen LogP contribution in [-0.2, 0) is 4.79 Å². The van der Waals surface area contributed by atoms with Crippen LogP contribution in [0.25, 0.3) is 0 Å². The number of carbonyl (C=O) groups excluding carboxylic acids is 2. The van der Waals surface area contributed by atoms with Gasteiger partial charge in [-0.2, -0.15) is 0 Å². The first-order valence-electron chi connectivity index (χ1n) is 7.51. The summed E-state index contributed by atoms with van der Waals surface area (Å²) in [6.45, 7) is 6.85. The zero-order chi connectivity index (χ0) is 17.0. The molecule has 0 bridgehead atoms. The van der Waals surface area contributed by atoms with Crippen molar-refractivity contribution in [2.45, 2.75) is 39.8 Å². The number of benzene rings is 1. The van der Waals surface area contributed by atoms with E-state index in [1.165, 1.54) is 6.92 Å². The van der Waals surface area contributed by atoms with E-state index in [9.17, 15) is 9.59 Å². The van der Waals surface area contributed by atoms with Crippen molar-refractivity contribution in [3.05, 3.63) is 53.5 Å². The van der Waals surface area contributed by atoms with Crippen LogP contribution in [-0.4, -0.2) is 17.8 Å². The molecule has 1 aromatic carbocycles. The molecule has 5 nitrogen and oxygen atoms in total. The van der Waals surface area contributed by atoms with Gasteiger partial charge in [0.2, 0.25) is 0 Å². The lowest BCUT2D eigenvalue weighted by Crippen LogP contribution is -2.37. The first kappa shape index (κ1) is 16.8. The number of ketones is 1. The van der Waals surface area contributed by atoms with E-state index in [1.54, 1.807) is 31.2 Å². The Labute approximate surface area is 135 Å². The van der Waals surface area contributed by atoms with Crippen molar-refractivity contribution in [2.75, 3.05) is 0 Å². The third-order valence-electron chi connectivity index (χ3n) is 3.47. The molecule has 2 aromatic rings. The Bertz CT molecular complexity index is 705. The van der Waals surface area contributed by atoms with E-state index in [0.717, 1.165) is 5.76 Å². The van der Waals surface area contributed by atoms with Gasteiger partial charge in [0.25, 0.3) is 5.91 Å². The quantitative estimate of drug-likeness (QED) is 0.829. The number of hydrogen-bond acceptors (Lipinski definition) is 4. The van der Waals surface area contributed by atoms with Gasteiger partial charge in [0.15, 0.2) is 11.9 Å². The summed E-state index contributed by atoms with van der Waals surface area (Å²) in [7, 11) is 0. The molecule has 5 heteroatoms. The largest absolute Gasteiger partial charge is 0.481 e. The van der Waals surface area contributed by atoms with Gasteiger partial charge in [0.1, 0.15) is 17.3 Å². The lowest BCUT2D eigenvalue weighted by atomic mass is 10.1. The van der Waals surface area contributed by atoms with Crippen LogP contribution in [0.1, 0.15) is 48.7 Å². The second-order valence-corrected chi connectivity index (χ2v) is 5.52. The molecule has 2 atom stereocenters. The Morgan fingerprint density at radius 2 is 1.91 bits per heavy atom. The highest BCUT2D eigenvalue weighted by Gasteiger charge is 2.19. The van der Waals surface area contributed by atoms with Gasteiger partial charge in [0.05, 0.1) is 6.04 Å². The number of Topliss-reactive ketones (excluding diaryl/α,β-unsaturated/α-hetero) is 1. The summed E-state index contributed by atoms with van der Waals surface area (Å²) < 4.78 is 11.1. The SMILES string of the molecule is CC(=O)c1cccc(O[C@@H](C)C(=O)N[C@@H](C)c2ccc(C)o2)c1. The van der Waals surface area contributed by atoms with Crippen LogP contribution in [0.3, 0.4) is 0 Å².